The highest BCUT2D eigenvalue weighted by Crippen LogP contribution is 2.32. The highest BCUT2D eigenvalue weighted by Gasteiger charge is 2.48. The van der Waals surface area contributed by atoms with Gasteiger partial charge < -0.3 is 4.18 Å². The molecule has 5 nitrogen and oxygen atoms in total. The van der Waals surface area contributed by atoms with Crippen molar-refractivity contribution in [2.75, 3.05) is 0 Å². The maximum atomic E-state index is 12.3. The summed E-state index contributed by atoms with van der Waals surface area (Å²) in [5.41, 5.74) is -1.80. The SMILES string of the molecule is CCCC1CCc2cc(N=Nc3ccc(OS(=O)(=O)C(F)(F)F)cc3)ccc2C1. The maximum absolute atomic E-state index is 12.3. The molecule has 3 rings (SSSR count). The van der Waals surface area contributed by atoms with Crippen LogP contribution in [0, 0.1) is 5.92 Å². The number of alkyl halides is 3. The van der Waals surface area contributed by atoms with Gasteiger partial charge in [0.05, 0.1) is 11.4 Å². The van der Waals surface area contributed by atoms with Gasteiger partial charge in [0.15, 0.2) is 0 Å². The molecule has 1 unspecified atom stereocenters. The normalized spacial score (nSPS) is 17.3. The summed E-state index contributed by atoms with van der Waals surface area (Å²) in [5.74, 6) is 0.290. The minimum atomic E-state index is -5.69. The van der Waals surface area contributed by atoms with Crippen molar-refractivity contribution >= 4 is 21.5 Å². The molecule has 0 radical (unpaired) electrons. The molecule has 29 heavy (non-hydrogen) atoms. The van der Waals surface area contributed by atoms with Crippen molar-refractivity contribution in [1.82, 2.24) is 0 Å². The number of hydrogen-bond acceptors (Lipinski definition) is 5. The molecule has 1 aliphatic rings. The molecule has 0 amide bonds. The Morgan fingerprint density at radius 1 is 1.03 bits per heavy atom. The number of fused-ring (bicyclic) bond motifs is 1. The highest BCUT2D eigenvalue weighted by atomic mass is 32.2. The van der Waals surface area contributed by atoms with Crippen LogP contribution < -0.4 is 4.18 Å². The van der Waals surface area contributed by atoms with Gasteiger partial charge in [-0.05, 0) is 72.7 Å². The van der Waals surface area contributed by atoms with E-state index < -0.39 is 21.4 Å². The molecule has 0 heterocycles. The molecule has 1 aliphatic carbocycles. The van der Waals surface area contributed by atoms with Crippen LogP contribution in [0.5, 0.6) is 5.75 Å². The fraction of sp³-hybridized carbons (Fsp3) is 0.400. The van der Waals surface area contributed by atoms with Crippen LogP contribution in [-0.4, -0.2) is 13.9 Å². The molecule has 1 atom stereocenters. The van der Waals surface area contributed by atoms with E-state index in [0.29, 0.717) is 11.4 Å². The number of benzene rings is 2. The van der Waals surface area contributed by atoms with Crippen LogP contribution in [0.2, 0.25) is 0 Å². The number of aryl methyl sites for hydroxylation is 1. The lowest BCUT2D eigenvalue weighted by molar-refractivity contribution is -0.0500. The molecule has 156 valence electrons. The van der Waals surface area contributed by atoms with Gasteiger partial charge in [0.1, 0.15) is 5.75 Å². The number of nitrogens with zero attached hydrogens (tertiary/aromatic N) is 2. The third-order valence-electron chi connectivity index (χ3n) is 4.82. The smallest absolute Gasteiger partial charge is 0.376 e. The van der Waals surface area contributed by atoms with Gasteiger partial charge in [-0.15, -0.1) is 0 Å². The Balaban J connectivity index is 1.66. The molecular weight excluding hydrogens is 405 g/mol. The van der Waals surface area contributed by atoms with Crippen molar-refractivity contribution < 1.29 is 25.8 Å². The van der Waals surface area contributed by atoms with Gasteiger partial charge in [0, 0.05) is 0 Å². The van der Waals surface area contributed by atoms with E-state index in [1.807, 2.05) is 12.1 Å². The fourth-order valence-corrected chi connectivity index (χ4v) is 3.85. The molecule has 9 heteroatoms. The zero-order chi connectivity index (χ0) is 21.1. The second kappa shape index (κ2) is 8.52. The van der Waals surface area contributed by atoms with Crippen molar-refractivity contribution in [3.05, 3.63) is 53.6 Å². The standard InChI is InChI=1S/C20H21F3N2O3S/c1-2-3-14-4-5-16-13-18(7-6-15(16)12-14)25-24-17-8-10-19(11-9-17)28-29(26,27)20(21,22)23/h6-11,13-14H,2-5,12H2,1H3. The Labute approximate surface area is 167 Å². The van der Waals surface area contributed by atoms with Gasteiger partial charge in [-0.25, -0.2) is 0 Å². The maximum Gasteiger partial charge on any atom is 0.534 e. The molecule has 0 N–H and O–H groups in total. The van der Waals surface area contributed by atoms with Crippen LogP contribution in [0.3, 0.4) is 0 Å². The van der Waals surface area contributed by atoms with Crippen LogP contribution in [0.15, 0.2) is 52.7 Å². The van der Waals surface area contributed by atoms with Gasteiger partial charge >= 0.3 is 15.6 Å². The van der Waals surface area contributed by atoms with E-state index in [2.05, 4.69) is 27.4 Å². The van der Waals surface area contributed by atoms with Crippen molar-refractivity contribution in [3.63, 3.8) is 0 Å². The zero-order valence-corrected chi connectivity index (χ0v) is 16.6. The van der Waals surface area contributed by atoms with Crippen molar-refractivity contribution in [1.29, 1.82) is 0 Å². The Hall–Kier alpha value is -2.42. The number of azo groups is 1. The molecule has 0 aliphatic heterocycles. The third-order valence-corrected chi connectivity index (χ3v) is 5.80. The third kappa shape index (κ3) is 5.35. The van der Waals surface area contributed by atoms with E-state index in [1.165, 1.54) is 42.5 Å². The van der Waals surface area contributed by atoms with Gasteiger partial charge in [-0.2, -0.15) is 31.8 Å². The van der Waals surface area contributed by atoms with Crippen LogP contribution >= 0.6 is 0 Å². The van der Waals surface area contributed by atoms with Crippen LogP contribution in [-0.2, 0) is 23.0 Å². The lowest BCUT2D eigenvalue weighted by Crippen LogP contribution is -2.27. The summed E-state index contributed by atoms with van der Waals surface area (Å²) in [6.07, 6.45) is 5.71. The molecule has 0 bridgehead atoms. The summed E-state index contributed by atoms with van der Waals surface area (Å²) in [6.45, 7) is 2.20. The number of hydrogen-bond donors (Lipinski definition) is 0. The second-order valence-electron chi connectivity index (χ2n) is 7.03. The first-order chi connectivity index (χ1) is 13.7. The first kappa shape index (κ1) is 21.3. The number of halogens is 3. The lowest BCUT2D eigenvalue weighted by atomic mass is 9.81. The summed E-state index contributed by atoms with van der Waals surface area (Å²) in [5, 5.41) is 8.22. The first-order valence-corrected chi connectivity index (χ1v) is 10.7. The molecule has 2 aromatic carbocycles. The van der Waals surface area contributed by atoms with E-state index in [1.54, 1.807) is 0 Å². The van der Waals surface area contributed by atoms with Crippen LogP contribution in [0.4, 0.5) is 24.5 Å². The van der Waals surface area contributed by atoms with Crippen molar-refractivity contribution in [3.8, 4) is 5.75 Å². The largest absolute Gasteiger partial charge is 0.534 e. The molecular formula is C20H21F3N2O3S. The van der Waals surface area contributed by atoms with Crippen molar-refractivity contribution in [2.45, 2.75) is 44.5 Å². The predicted molar refractivity (Wildman–Crippen MR) is 103 cm³/mol. The van der Waals surface area contributed by atoms with E-state index in [9.17, 15) is 21.6 Å². The summed E-state index contributed by atoms with van der Waals surface area (Å²) in [4.78, 5) is 0. The second-order valence-corrected chi connectivity index (χ2v) is 8.57. The topological polar surface area (TPSA) is 68.1 Å². The van der Waals surface area contributed by atoms with Crippen LogP contribution in [0.1, 0.15) is 37.3 Å². The van der Waals surface area contributed by atoms with E-state index >= 15 is 0 Å². The fourth-order valence-electron chi connectivity index (χ4n) is 3.39. The Morgan fingerprint density at radius 3 is 2.34 bits per heavy atom. The molecule has 0 saturated heterocycles. The van der Waals surface area contributed by atoms with E-state index in [0.717, 1.165) is 30.9 Å². The summed E-state index contributed by atoms with van der Waals surface area (Å²) in [7, 11) is -5.69. The van der Waals surface area contributed by atoms with Gasteiger partial charge in [-0.3, -0.25) is 0 Å². The first-order valence-electron chi connectivity index (χ1n) is 9.32. The average molecular weight is 426 g/mol. The zero-order valence-electron chi connectivity index (χ0n) is 15.8. The van der Waals surface area contributed by atoms with Crippen LogP contribution in [0.25, 0.3) is 0 Å². The average Bonchev–Trinajstić information content (AvgIpc) is 2.66. The summed E-state index contributed by atoms with van der Waals surface area (Å²) < 4.78 is 63.1. The summed E-state index contributed by atoms with van der Waals surface area (Å²) >= 11 is 0. The van der Waals surface area contributed by atoms with Gasteiger partial charge in [0.25, 0.3) is 0 Å². The van der Waals surface area contributed by atoms with Crippen molar-refractivity contribution in [2.24, 2.45) is 16.1 Å². The molecule has 0 aromatic heterocycles. The van der Waals surface area contributed by atoms with Gasteiger partial charge in [-0.1, -0.05) is 25.8 Å². The molecule has 0 fully saturated rings. The Bertz CT molecular complexity index is 987. The molecule has 2 aromatic rings. The Kier molecular flexibility index (Phi) is 6.26. The monoisotopic (exact) mass is 426 g/mol. The number of rotatable bonds is 6. The lowest BCUT2D eigenvalue weighted by Gasteiger charge is -2.24. The van der Waals surface area contributed by atoms with E-state index in [4.69, 9.17) is 0 Å². The molecule has 0 spiro atoms. The minimum absolute atomic E-state index is 0.363. The highest BCUT2D eigenvalue weighted by molar-refractivity contribution is 7.88. The minimum Gasteiger partial charge on any atom is -0.376 e. The summed E-state index contributed by atoms with van der Waals surface area (Å²) in [6, 6.07) is 10.8. The van der Waals surface area contributed by atoms with Gasteiger partial charge in [0.2, 0.25) is 0 Å². The molecule has 0 saturated carbocycles. The predicted octanol–water partition coefficient (Wildman–Crippen LogP) is 6.24. The quantitative estimate of drug-likeness (QED) is 0.312. The Morgan fingerprint density at radius 2 is 1.69 bits per heavy atom. The van der Waals surface area contributed by atoms with E-state index in [-0.39, 0.29) is 0 Å².